The van der Waals surface area contributed by atoms with Gasteiger partial charge in [-0.2, -0.15) is 0 Å². The maximum absolute atomic E-state index is 12.9. The monoisotopic (exact) mass is 510 g/mol. The van der Waals surface area contributed by atoms with Crippen molar-refractivity contribution in [2.24, 2.45) is 4.99 Å². The third-order valence-electron chi connectivity index (χ3n) is 5.39. The lowest BCUT2D eigenvalue weighted by Gasteiger charge is -2.12. The molecule has 4 aromatic rings. The first-order chi connectivity index (χ1) is 16.7. The van der Waals surface area contributed by atoms with E-state index in [-0.39, 0.29) is 16.2 Å². The number of aliphatic imine (C=N–C) groups is 1. The summed E-state index contributed by atoms with van der Waals surface area (Å²) in [6, 6.07) is 18.3. The van der Waals surface area contributed by atoms with E-state index in [0.29, 0.717) is 33.3 Å². The summed E-state index contributed by atoms with van der Waals surface area (Å²) in [7, 11) is -2.42. The molecule has 0 aliphatic carbocycles. The van der Waals surface area contributed by atoms with Crippen LogP contribution in [0.3, 0.4) is 0 Å². The van der Waals surface area contributed by atoms with Crippen LogP contribution >= 0.6 is 11.6 Å². The number of anilines is 1. The molecule has 2 N–H and O–H groups in total. The van der Waals surface area contributed by atoms with Crippen molar-refractivity contribution < 1.29 is 13.2 Å². The number of benzene rings is 3. The molecular formula is C25H23ClN4O4S. The maximum Gasteiger partial charge on any atom is 0.280 e. The predicted molar refractivity (Wildman–Crippen MR) is 138 cm³/mol. The molecule has 4 rings (SSSR count). The Bertz CT molecular complexity index is 1570. The van der Waals surface area contributed by atoms with E-state index in [0.717, 1.165) is 5.56 Å². The Morgan fingerprint density at radius 3 is 2.46 bits per heavy atom. The second-order valence-electron chi connectivity index (χ2n) is 7.78. The number of hydrogen-bond acceptors (Lipinski definition) is 5. The molecule has 180 valence electrons. The third-order valence-corrected chi connectivity index (χ3v) is 7.00. The van der Waals surface area contributed by atoms with Gasteiger partial charge in [-0.25, -0.2) is 13.1 Å². The number of aromatic nitrogens is 2. The minimum atomic E-state index is -3.85. The van der Waals surface area contributed by atoms with Crippen LogP contribution in [-0.2, 0) is 10.0 Å². The summed E-state index contributed by atoms with van der Waals surface area (Å²) in [5, 5.41) is 3.59. The summed E-state index contributed by atoms with van der Waals surface area (Å²) in [6.07, 6.45) is 1.43. The van der Waals surface area contributed by atoms with Crippen molar-refractivity contribution in [1.29, 1.82) is 0 Å². The zero-order valence-corrected chi connectivity index (χ0v) is 20.8. The van der Waals surface area contributed by atoms with Crippen LogP contribution < -0.4 is 15.0 Å². The molecule has 0 unspecified atom stereocenters. The fourth-order valence-electron chi connectivity index (χ4n) is 3.44. The molecular weight excluding hydrogens is 488 g/mol. The second-order valence-corrected chi connectivity index (χ2v) is 9.90. The smallest absolute Gasteiger partial charge is 0.280 e. The fraction of sp³-hybridized carbons (Fsp3) is 0.120. The van der Waals surface area contributed by atoms with Gasteiger partial charge in [-0.05, 0) is 61.9 Å². The van der Waals surface area contributed by atoms with Crippen LogP contribution in [0.4, 0.5) is 11.4 Å². The van der Waals surface area contributed by atoms with E-state index >= 15 is 0 Å². The number of aromatic amines is 1. The standard InChI is InChI=1S/C25H23ClN4O4S/c1-16-6-4-5-7-22(16)29-35(32,33)20-12-13-23(24(14-20)34-3)27-15-21-17(2)28-30(25(21)31)19-10-8-18(26)9-11-19/h4-15,28-29H,1-3H3. The van der Waals surface area contributed by atoms with Gasteiger partial charge in [0.25, 0.3) is 15.6 Å². The number of methoxy groups -OCH3 is 1. The number of H-pyrrole nitrogens is 1. The number of ether oxygens (including phenoxy) is 1. The highest BCUT2D eigenvalue weighted by molar-refractivity contribution is 7.92. The molecule has 0 spiro atoms. The predicted octanol–water partition coefficient (Wildman–Crippen LogP) is 5.00. The third kappa shape index (κ3) is 5.16. The van der Waals surface area contributed by atoms with E-state index in [2.05, 4.69) is 14.8 Å². The van der Waals surface area contributed by atoms with Crippen LogP contribution in [0, 0.1) is 13.8 Å². The molecule has 10 heteroatoms. The number of nitrogens with one attached hydrogen (secondary N) is 2. The summed E-state index contributed by atoms with van der Waals surface area (Å²) < 4.78 is 35.2. The number of hydrogen-bond donors (Lipinski definition) is 2. The first kappa shape index (κ1) is 24.3. The molecule has 3 aromatic carbocycles. The Morgan fingerprint density at radius 2 is 1.77 bits per heavy atom. The summed E-state index contributed by atoms with van der Waals surface area (Å²) in [6.45, 7) is 3.58. The minimum Gasteiger partial charge on any atom is -0.494 e. The van der Waals surface area contributed by atoms with Crippen molar-refractivity contribution in [3.8, 4) is 11.4 Å². The van der Waals surface area contributed by atoms with Crippen LogP contribution in [0.25, 0.3) is 5.69 Å². The number of nitrogens with zero attached hydrogens (tertiary/aromatic N) is 2. The number of aryl methyl sites for hydroxylation is 2. The van der Waals surface area contributed by atoms with Crippen molar-refractivity contribution in [3.63, 3.8) is 0 Å². The Kier molecular flexibility index (Phi) is 6.81. The van der Waals surface area contributed by atoms with Crippen molar-refractivity contribution in [1.82, 2.24) is 9.78 Å². The molecule has 1 heterocycles. The Morgan fingerprint density at radius 1 is 1.06 bits per heavy atom. The lowest BCUT2D eigenvalue weighted by molar-refractivity contribution is 0.415. The molecule has 0 saturated heterocycles. The van der Waals surface area contributed by atoms with Crippen molar-refractivity contribution in [3.05, 3.63) is 98.9 Å². The van der Waals surface area contributed by atoms with E-state index in [4.69, 9.17) is 16.3 Å². The van der Waals surface area contributed by atoms with Crippen molar-refractivity contribution in [2.75, 3.05) is 11.8 Å². The SMILES string of the molecule is COc1cc(S(=O)(=O)Nc2ccccc2C)ccc1N=Cc1c(C)[nH]n(-c2ccc(Cl)cc2)c1=O. The van der Waals surface area contributed by atoms with Crippen LogP contribution in [0.5, 0.6) is 5.75 Å². The quantitative estimate of drug-likeness (QED) is 0.341. The van der Waals surface area contributed by atoms with Gasteiger partial charge in [-0.1, -0.05) is 29.8 Å². The van der Waals surface area contributed by atoms with Crippen molar-refractivity contribution in [2.45, 2.75) is 18.7 Å². The van der Waals surface area contributed by atoms with Crippen LogP contribution in [0.1, 0.15) is 16.8 Å². The largest absolute Gasteiger partial charge is 0.494 e. The van der Waals surface area contributed by atoms with Gasteiger partial charge in [0.1, 0.15) is 11.4 Å². The van der Waals surface area contributed by atoms with Gasteiger partial charge in [0.05, 0.1) is 28.9 Å². The maximum atomic E-state index is 12.9. The average Bonchev–Trinajstić information content (AvgIpc) is 3.12. The lowest BCUT2D eigenvalue weighted by atomic mass is 10.2. The number of halogens is 1. The summed E-state index contributed by atoms with van der Waals surface area (Å²) in [4.78, 5) is 17.3. The zero-order chi connectivity index (χ0) is 25.2. The van der Waals surface area contributed by atoms with Gasteiger partial charge >= 0.3 is 0 Å². The minimum absolute atomic E-state index is 0.0273. The zero-order valence-electron chi connectivity index (χ0n) is 19.2. The molecule has 0 radical (unpaired) electrons. The summed E-state index contributed by atoms with van der Waals surface area (Å²) in [5.41, 5.74) is 3.00. The molecule has 0 aliphatic heterocycles. The van der Waals surface area contributed by atoms with E-state index < -0.39 is 10.0 Å². The number of sulfonamides is 1. The number of para-hydroxylation sites is 1. The molecule has 0 fully saturated rings. The highest BCUT2D eigenvalue weighted by atomic mass is 35.5. The van der Waals surface area contributed by atoms with E-state index in [9.17, 15) is 13.2 Å². The lowest BCUT2D eigenvalue weighted by Crippen LogP contribution is -2.17. The molecule has 8 nitrogen and oxygen atoms in total. The van der Waals surface area contributed by atoms with Gasteiger partial charge in [0.2, 0.25) is 0 Å². The van der Waals surface area contributed by atoms with E-state index in [1.165, 1.54) is 36.2 Å². The Hall–Kier alpha value is -3.82. The van der Waals surface area contributed by atoms with Gasteiger partial charge in [-0.15, -0.1) is 0 Å². The van der Waals surface area contributed by atoms with E-state index in [1.807, 2.05) is 19.1 Å². The van der Waals surface area contributed by atoms with Gasteiger partial charge in [0.15, 0.2) is 0 Å². The molecule has 0 amide bonds. The Labute approximate surface area is 207 Å². The molecule has 0 bridgehead atoms. The Balaban J connectivity index is 1.63. The molecule has 0 aliphatic rings. The average molecular weight is 511 g/mol. The summed E-state index contributed by atoms with van der Waals surface area (Å²) >= 11 is 5.94. The van der Waals surface area contributed by atoms with Crippen LogP contribution in [-0.4, -0.2) is 31.5 Å². The van der Waals surface area contributed by atoms with Gasteiger partial charge in [-0.3, -0.25) is 19.6 Å². The topological polar surface area (TPSA) is 106 Å². The second kappa shape index (κ2) is 9.81. The summed E-state index contributed by atoms with van der Waals surface area (Å²) in [5.74, 6) is 0.250. The van der Waals surface area contributed by atoms with Crippen LogP contribution in [0.2, 0.25) is 5.02 Å². The number of rotatable bonds is 7. The van der Waals surface area contributed by atoms with Crippen LogP contribution in [0.15, 0.2) is 81.4 Å². The molecule has 0 saturated carbocycles. The fourth-order valence-corrected chi connectivity index (χ4v) is 4.71. The highest BCUT2D eigenvalue weighted by Gasteiger charge is 2.18. The molecule has 35 heavy (non-hydrogen) atoms. The van der Waals surface area contributed by atoms with Crippen molar-refractivity contribution >= 4 is 39.2 Å². The first-order valence-corrected chi connectivity index (χ1v) is 12.4. The normalized spacial score (nSPS) is 11.7. The van der Waals surface area contributed by atoms with Gasteiger partial charge in [0, 0.05) is 23.0 Å². The van der Waals surface area contributed by atoms with E-state index in [1.54, 1.807) is 43.3 Å². The molecule has 1 aromatic heterocycles. The first-order valence-electron chi connectivity index (χ1n) is 10.6. The molecule has 0 atom stereocenters. The highest BCUT2D eigenvalue weighted by Crippen LogP contribution is 2.31. The van der Waals surface area contributed by atoms with Gasteiger partial charge < -0.3 is 4.74 Å².